The Morgan fingerprint density at radius 2 is 1.56 bits per heavy atom. The van der Waals surface area contributed by atoms with Crippen LogP contribution in [0.5, 0.6) is 5.75 Å². The summed E-state index contributed by atoms with van der Waals surface area (Å²) in [5.74, 6) is 2.45. The van der Waals surface area contributed by atoms with Crippen molar-refractivity contribution >= 4 is 85.4 Å². The summed E-state index contributed by atoms with van der Waals surface area (Å²) in [5.41, 5.74) is 6.59. The van der Waals surface area contributed by atoms with E-state index in [1.54, 1.807) is 0 Å². The Morgan fingerprint density at radius 1 is 0.855 bits per heavy atom. The van der Waals surface area contributed by atoms with Crippen molar-refractivity contribution in [1.82, 2.24) is 35.1 Å². The predicted octanol–water partition coefficient (Wildman–Crippen LogP) is 8.00. The highest BCUT2D eigenvalue weighted by Crippen LogP contribution is 2.48. The molecule has 2 aromatic carbocycles. The van der Waals surface area contributed by atoms with Crippen LogP contribution in [0, 0.1) is 23.2 Å². The van der Waals surface area contributed by atoms with Crippen molar-refractivity contribution in [2.75, 3.05) is 33.4 Å². The lowest BCUT2D eigenvalue weighted by Crippen LogP contribution is -2.51. The number of amides is 3. The number of nitrogens with zero attached hydrogens (tertiary/aromatic N) is 4. The molecule has 0 saturated carbocycles. The normalized spacial score (nSPS) is 20.8. The molecule has 4 aliphatic rings. The quantitative estimate of drug-likeness (QED) is 0.153. The third-order valence-electron chi connectivity index (χ3n) is 12.7. The second kappa shape index (κ2) is 22.0. The van der Waals surface area contributed by atoms with Crippen molar-refractivity contribution < 1.29 is 28.6 Å². The summed E-state index contributed by atoms with van der Waals surface area (Å²) in [6.45, 7) is 13.2. The van der Waals surface area contributed by atoms with E-state index < -0.39 is 12.1 Å². The molecule has 4 aromatic rings. The summed E-state index contributed by atoms with van der Waals surface area (Å²) in [4.78, 5) is 60.3. The Labute approximate surface area is 400 Å². The molecule has 8 rings (SSSR count). The molecule has 1 spiro atoms. The van der Waals surface area contributed by atoms with Crippen LogP contribution in [-0.4, -0.2) is 87.1 Å². The van der Waals surface area contributed by atoms with Crippen molar-refractivity contribution in [3.63, 3.8) is 0 Å². The fourth-order valence-corrected chi connectivity index (χ4v) is 9.04. The van der Waals surface area contributed by atoms with E-state index >= 15 is 0 Å². The van der Waals surface area contributed by atoms with Gasteiger partial charge < -0.3 is 39.3 Å². The lowest BCUT2D eigenvalue weighted by Gasteiger charge is -2.33. The number of likely N-dealkylation sites (tertiary alicyclic amines) is 2. The highest BCUT2D eigenvalue weighted by Gasteiger charge is 2.49. The summed E-state index contributed by atoms with van der Waals surface area (Å²) in [7, 11) is 1.30. The van der Waals surface area contributed by atoms with E-state index in [9.17, 15) is 14.4 Å². The molecule has 6 heterocycles. The third kappa shape index (κ3) is 10.4. The molecule has 0 radical (unpaired) electrons. The minimum atomic E-state index is -0.695. The van der Waals surface area contributed by atoms with Gasteiger partial charge in [-0.15, -0.1) is 0 Å². The van der Waals surface area contributed by atoms with Crippen LogP contribution in [0.1, 0.15) is 96.1 Å². The van der Waals surface area contributed by atoms with Crippen molar-refractivity contribution in [1.29, 1.82) is 0 Å². The average molecular weight is 948 g/mol. The highest BCUT2D eigenvalue weighted by atomic mass is 32.1. The van der Waals surface area contributed by atoms with Crippen LogP contribution in [0.15, 0.2) is 48.7 Å². The van der Waals surface area contributed by atoms with Crippen LogP contribution < -0.4 is 10.1 Å². The van der Waals surface area contributed by atoms with Crippen LogP contribution in [0.2, 0.25) is 0 Å². The number of H-pyrrole nitrogens is 2. The van der Waals surface area contributed by atoms with Gasteiger partial charge in [0, 0.05) is 36.6 Å². The van der Waals surface area contributed by atoms with Crippen molar-refractivity contribution in [3.8, 4) is 39.4 Å². The largest absolute Gasteiger partial charge is 0.487 e. The minimum absolute atomic E-state index is 0. The second-order valence-corrected chi connectivity index (χ2v) is 17.1. The van der Waals surface area contributed by atoms with Gasteiger partial charge in [0.2, 0.25) is 11.8 Å². The Bertz CT molecular complexity index is 2140. The number of nitrogens with one attached hydrogen (secondary N) is 3. The molecule has 0 aliphatic carbocycles. The molecule has 5 atom stereocenters. The average Bonchev–Trinajstić information content (AvgIpc) is 4.05. The Hall–Kier alpha value is -3.42. The lowest BCUT2D eigenvalue weighted by molar-refractivity contribution is -0.138. The predicted molar refractivity (Wildman–Crippen MR) is 267 cm³/mol. The monoisotopic (exact) mass is 947 g/mol. The maximum atomic E-state index is 13.8. The molecule has 4 aliphatic heterocycles. The number of aromatic nitrogens is 4. The van der Waals surface area contributed by atoms with Crippen LogP contribution in [0.4, 0.5) is 4.79 Å². The first kappa shape index (κ1) is 52.9. The number of hydrogen-bond donors (Lipinski definition) is 3. The molecule has 0 bridgehead atoms. The van der Waals surface area contributed by atoms with Gasteiger partial charge in [-0.25, -0.2) is 14.8 Å². The molecular weight excluding hydrogens is 883 g/mol. The third-order valence-corrected chi connectivity index (χ3v) is 12.7. The molecule has 2 aromatic heterocycles. The van der Waals surface area contributed by atoms with Gasteiger partial charge in [-0.1, -0.05) is 65.0 Å². The van der Waals surface area contributed by atoms with Crippen LogP contribution in [0.3, 0.4) is 0 Å². The van der Waals surface area contributed by atoms with Gasteiger partial charge in [0.25, 0.3) is 0 Å². The molecule has 342 valence electrons. The van der Waals surface area contributed by atoms with Crippen molar-refractivity contribution in [2.24, 2.45) is 23.2 Å². The van der Waals surface area contributed by atoms with E-state index in [0.717, 1.165) is 95.4 Å². The first-order valence-corrected chi connectivity index (χ1v) is 20.5. The van der Waals surface area contributed by atoms with E-state index in [-0.39, 0.29) is 115 Å². The second-order valence-electron chi connectivity index (χ2n) is 17.1. The van der Waals surface area contributed by atoms with E-state index in [1.807, 2.05) is 37.9 Å². The fraction of sp³-hybridized carbons (Fsp3) is 0.523. The molecule has 0 unspecified atom stereocenters. The summed E-state index contributed by atoms with van der Waals surface area (Å²) in [6.07, 6.45) is 5.81. The van der Waals surface area contributed by atoms with Crippen molar-refractivity contribution in [2.45, 2.75) is 91.5 Å². The molecule has 3 saturated heterocycles. The van der Waals surface area contributed by atoms with E-state index in [2.05, 4.69) is 70.4 Å². The number of carbonyl (C=O) groups excluding carboxylic acids is 3. The summed E-state index contributed by atoms with van der Waals surface area (Å²) >= 11 is 0. The number of imidazole rings is 2. The maximum absolute atomic E-state index is 13.8. The molecule has 13 nitrogen and oxygen atoms in total. The first-order chi connectivity index (χ1) is 27.4. The van der Waals surface area contributed by atoms with Gasteiger partial charge in [-0.05, 0) is 72.8 Å². The Kier molecular flexibility index (Phi) is 18.8. The number of benzene rings is 2. The summed E-state index contributed by atoms with van der Waals surface area (Å²) in [6, 6.07) is 13.6. The summed E-state index contributed by atoms with van der Waals surface area (Å²) < 4.78 is 17.0. The zero-order valence-electron chi connectivity index (χ0n) is 36.4. The zero-order chi connectivity index (χ0) is 40.0. The van der Waals surface area contributed by atoms with Crippen molar-refractivity contribution in [3.05, 3.63) is 66.0 Å². The number of carbonyl (C=O) groups is 3. The number of rotatable bonds is 9. The molecule has 3 amide bonds. The summed E-state index contributed by atoms with van der Waals surface area (Å²) in [5, 5.41) is 2.72. The number of methoxy groups -OCH3 is 1. The molecule has 3 N–H and O–H groups in total. The number of hydrogen-bond acceptors (Lipinski definition) is 8. The van der Waals surface area contributed by atoms with Gasteiger partial charge in [-0.3, -0.25) is 9.59 Å². The topological polar surface area (TPSA) is 155 Å². The van der Waals surface area contributed by atoms with Gasteiger partial charge in [0.15, 0.2) is 0 Å². The van der Waals surface area contributed by atoms with Gasteiger partial charge in [0.1, 0.15) is 30.0 Å². The molecular formula is C44H65N7O6S5. The highest BCUT2D eigenvalue weighted by molar-refractivity contribution is 7.60. The van der Waals surface area contributed by atoms with Crippen LogP contribution >= 0.6 is 67.5 Å². The number of alkyl carbamates (subject to hydrolysis) is 1. The van der Waals surface area contributed by atoms with Crippen LogP contribution in [0.25, 0.3) is 33.6 Å². The van der Waals surface area contributed by atoms with E-state index in [0.29, 0.717) is 26.3 Å². The maximum Gasteiger partial charge on any atom is 0.407 e. The SMILES string of the molecule is COC(=O)N[C@H](C(=O)N1CCC[C@H]1c1nc2c([nH]1)COc1cc(-c3ccc(-c4cnc([C@@H]5C[C@@]6(CCCOC6)CN5C(=O)[C@@H](C)C(C)C)[nH]4)cc3)ccc1-2)C(C)C.S.S.S.S.S. The van der Waals surface area contributed by atoms with Gasteiger partial charge in [-0.2, -0.15) is 67.5 Å². The number of ether oxygens (including phenoxy) is 3. The zero-order valence-corrected chi connectivity index (χ0v) is 41.4. The Balaban J connectivity index is 0.00000205. The Morgan fingerprint density at radius 3 is 2.23 bits per heavy atom. The lowest BCUT2D eigenvalue weighted by atomic mass is 9.80. The first-order valence-electron chi connectivity index (χ1n) is 20.5. The smallest absolute Gasteiger partial charge is 0.407 e. The molecule has 18 heteroatoms. The van der Waals surface area contributed by atoms with Crippen LogP contribution in [-0.2, 0) is 25.7 Å². The van der Waals surface area contributed by atoms with E-state index in [1.165, 1.54) is 7.11 Å². The van der Waals surface area contributed by atoms with E-state index in [4.69, 9.17) is 24.2 Å². The molecule has 62 heavy (non-hydrogen) atoms. The minimum Gasteiger partial charge on any atom is -0.487 e. The van der Waals surface area contributed by atoms with Gasteiger partial charge >= 0.3 is 6.09 Å². The standard InChI is InChI=1S/C44H55N7O6.5H2S/c1-25(2)27(5)41(52)51-23-44(16-8-18-56-24-44)20-35(51)39-45-21-32(46-39)29-12-10-28(11-13-29)30-14-15-31-36(19-30)57-22-33-38(31)48-40(47-33)34-9-7-17-50(34)42(53)37(26(3)4)49-43(54)55-6;;;;;/h10-15,19,21,25-27,34-35,37H,7-9,16-18,20,22-24H2,1-6H3,(H,45,46)(H,47,48)(H,49,54);5*1H2/t27-,34-,35-,37-,44-;;;;;/m0...../s1. The molecule has 3 fully saturated rings. The fourth-order valence-electron chi connectivity index (χ4n) is 9.04. The van der Waals surface area contributed by atoms with Gasteiger partial charge in [0.05, 0.1) is 49.1 Å². The number of fused-ring (bicyclic) bond motifs is 3. The number of aromatic amines is 2.